The van der Waals surface area contributed by atoms with Gasteiger partial charge in [-0.15, -0.1) is 0 Å². The molecule has 0 saturated carbocycles. The Morgan fingerprint density at radius 3 is 2.59 bits per heavy atom. The summed E-state index contributed by atoms with van der Waals surface area (Å²) in [5, 5.41) is 15.5. The fourth-order valence-corrected chi connectivity index (χ4v) is 6.05. The molecule has 1 aliphatic rings. The molecule has 2 aromatic carbocycles. The quantitative estimate of drug-likeness (QED) is 0.669. The van der Waals surface area contributed by atoms with Crippen molar-refractivity contribution < 1.29 is 13.5 Å². The van der Waals surface area contributed by atoms with E-state index in [0.717, 1.165) is 11.3 Å². The molecule has 0 radical (unpaired) electrons. The van der Waals surface area contributed by atoms with Gasteiger partial charge in [0.05, 0.1) is 29.7 Å². The van der Waals surface area contributed by atoms with E-state index in [0.29, 0.717) is 34.9 Å². The number of hydrogen-bond donors (Lipinski definition) is 1. The maximum atomic E-state index is 13.5. The van der Waals surface area contributed by atoms with Crippen molar-refractivity contribution in [2.45, 2.75) is 37.8 Å². The maximum absolute atomic E-state index is 13.5. The molecule has 0 unspecified atom stereocenters. The van der Waals surface area contributed by atoms with Crippen LogP contribution in [0.2, 0.25) is 5.02 Å². The van der Waals surface area contributed by atoms with Crippen LogP contribution in [0.25, 0.3) is 0 Å². The number of anilines is 1. The molecule has 0 fully saturated rings. The Bertz CT molecular complexity index is 1170. The summed E-state index contributed by atoms with van der Waals surface area (Å²) in [6, 6.07) is 14.6. The molecule has 0 amide bonds. The first-order valence-corrected chi connectivity index (χ1v) is 11.2. The number of halogens is 1. The van der Waals surface area contributed by atoms with Crippen molar-refractivity contribution in [3.05, 3.63) is 76.1 Å². The molecule has 152 valence electrons. The van der Waals surface area contributed by atoms with Crippen molar-refractivity contribution in [2.75, 3.05) is 10.8 Å². The van der Waals surface area contributed by atoms with Gasteiger partial charge in [0.25, 0.3) is 10.0 Å². The second-order valence-corrected chi connectivity index (χ2v) is 9.38. The first-order chi connectivity index (χ1) is 13.8. The number of hydrogen-bond acceptors (Lipinski definition) is 4. The van der Waals surface area contributed by atoms with Gasteiger partial charge < -0.3 is 5.11 Å². The van der Waals surface area contributed by atoms with Crippen molar-refractivity contribution >= 4 is 27.3 Å². The highest BCUT2D eigenvalue weighted by atomic mass is 35.5. The van der Waals surface area contributed by atoms with Crippen molar-refractivity contribution in [2.24, 2.45) is 0 Å². The van der Waals surface area contributed by atoms with E-state index < -0.39 is 16.1 Å². The number of aliphatic hydroxyl groups excluding tert-OH is 1. The van der Waals surface area contributed by atoms with Gasteiger partial charge in [-0.2, -0.15) is 5.10 Å². The number of benzene rings is 2. The molecule has 4 rings (SSSR count). The van der Waals surface area contributed by atoms with Crippen LogP contribution in [0.4, 0.5) is 5.69 Å². The molecule has 6 nitrogen and oxygen atoms in total. The maximum Gasteiger partial charge on any atom is 0.268 e. The summed E-state index contributed by atoms with van der Waals surface area (Å²) in [6.07, 6.45) is -0.211. The summed E-state index contributed by atoms with van der Waals surface area (Å²) >= 11 is 6.18. The Labute approximate surface area is 175 Å². The molecule has 0 aliphatic carbocycles. The minimum Gasteiger partial charge on any atom is -0.386 e. The molecule has 1 aromatic heterocycles. The van der Waals surface area contributed by atoms with Crippen LogP contribution in [0, 0.1) is 13.8 Å². The van der Waals surface area contributed by atoms with Gasteiger partial charge in [-0.3, -0.25) is 8.99 Å². The molecule has 1 atom stereocenters. The monoisotopic (exact) mass is 431 g/mol. The Morgan fingerprint density at radius 1 is 1.14 bits per heavy atom. The van der Waals surface area contributed by atoms with E-state index in [1.165, 1.54) is 8.99 Å². The molecule has 0 saturated heterocycles. The normalized spacial score (nSPS) is 14.8. The Balaban J connectivity index is 1.68. The predicted octanol–water partition coefficient (Wildman–Crippen LogP) is 3.64. The van der Waals surface area contributed by atoms with Crippen LogP contribution in [0.3, 0.4) is 0 Å². The number of sulfonamides is 1. The molecule has 8 heteroatoms. The fourth-order valence-electron chi connectivity index (χ4n) is 3.91. The SMILES string of the molecule is Cc1nn(C[C@H](O)c2ccccc2Cl)c(C)c1S(=O)(=O)N1CCc2ccccc21. The summed E-state index contributed by atoms with van der Waals surface area (Å²) in [5.41, 5.74) is 3.24. The van der Waals surface area contributed by atoms with Crippen LogP contribution in [-0.2, 0) is 23.0 Å². The summed E-state index contributed by atoms with van der Waals surface area (Å²) in [4.78, 5) is 0.195. The number of aryl methyl sites for hydroxylation is 1. The molecular weight excluding hydrogens is 410 g/mol. The number of para-hydroxylation sites is 1. The van der Waals surface area contributed by atoms with Crippen LogP contribution >= 0.6 is 11.6 Å². The third-order valence-corrected chi connectivity index (χ3v) is 7.73. The van der Waals surface area contributed by atoms with Crippen LogP contribution in [-0.4, -0.2) is 29.8 Å². The minimum absolute atomic E-state index is 0.114. The third-order valence-electron chi connectivity index (χ3n) is 5.32. The number of fused-ring (bicyclic) bond motifs is 1. The van der Waals surface area contributed by atoms with Crippen molar-refractivity contribution in [1.82, 2.24) is 9.78 Å². The lowest BCUT2D eigenvalue weighted by molar-refractivity contribution is 0.150. The Hall–Kier alpha value is -2.35. The van der Waals surface area contributed by atoms with Crippen LogP contribution in [0.5, 0.6) is 0 Å². The van der Waals surface area contributed by atoms with E-state index in [9.17, 15) is 13.5 Å². The Morgan fingerprint density at radius 2 is 1.83 bits per heavy atom. The van der Waals surface area contributed by atoms with Gasteiger partial charge in [-0.05, 0) is 38.0 Å². The van der Waals surface area contributed by atoms with Crippen LogP contribution in [0.1, 0.15) is 28.6 Å². The number of rotatable bonds is 5. The zero-order valence-electron chi connectivity index (χ0n) is 16.2. The Kier molecular flexibility index (Phi) is 5.14. The second kappa shape index (κ2) is 7.48. The van der Waals surface area contributed by atoms with Gasteiger partial charge in [-0.1, -0.05) is 48.0 Å². The van der Waals surface area contributed by atoms with Gasteiger partial charge in [0.2, 0.25) is 0 Å². The highest BCUT2D eigenvalue weighted by Gasteiger charge is 2.35. The number of nitrogens with zero attached hydrogens (tertiary/aromatic N) is 3. The lowest BCUT2D eigenvalue weighted by atomic mass is 10.1. The first kappa shape index (κ1) is 19.9. The van der Waals surface area contributed by atoms with Gasteiger partial charge in [0, 0.05) is 17.1 Å². The van der Waals surface area contributed by atoms with E-state index in [-0.39, 0.29) is 11.4 Å². The smallest absolute Gasteiger partial charge is 0.268 e. The highest BCUT2D eigenvalue weighted by Crippen LogP contribution is 2.35. The molecule has 29 heavy (non-hydrogen) atoms. The summed E-state index contributed by atoms with van der Waals surface area (Å²) < 4.78 is 29.9. The predicted molar refractivity (Wildman–Crippen MR) is 113 cm³/mol. The van der Waals surface area contributed by atoms with Gasteiger partial charge in [-0.25, -0.2) is 8.42 Å². The van der Waals surface area contributed by atoms with Gasteiger partial charge >= 0.3 is 0 Å². The van der Waals surface area contributed by atoms with E-state index in [1.54, 1.807) is 38.1 Å². The van der Waals surface area contributed by atoms with E-state index in [2.05, 4.69) is 5.10 Å². The lowest BCUT2D eigenvalue weighted by Gasteiger charge is -2.20. The van der Waals surface area contributed by atoms with Crippen molar-refractivity contribution in [3.8, 4) is 0 Å². The topological polar surface area (TPSA) is 75.4 Å². The van der Waals surface area contributed by atoms with Crippen molar-refractivity contribution in [1.29, 1.82) is 0 Å². The highest BCUT2D eigenvalue weighted by molar-refractivity contribution is 7.93. The van der Waals surface area contributed by atoms with Crippen molar-refractivity contribution in [3.63, 3.8) is 0 Å². The van der Waals surface area contributed by atoms with E-state index in [1.807, 2.05) is 24.3 Å². The summed E-state index contributed by atoms with van der Waals surface area (Å²) in [5.74, 6) is 0. The first-order valence-electron chi connectivity index (χ1n) is 9.38. The molecule has 1 aliphatic heterocycles. The van der Waals surface area contributed by atoms with Crippen LogP contribution < -0.4 is 4.31 Å². The average molecular weight is 432 g/mol. The largest absolute Gasteiger partial charge is 0.386 e. The van der Waals surface area contributed by atoms with Gasteiger partial charge in [0.15, 0.2) is 0 Å². The molecule has 0 bridgehead atoms. The molecular formula is C21H22ClN3O3S. The lowest BCUT2D eigenvalue weighted by Crippen LogP contribution is -2.30. The van der Waals surface area contributed by atoms with Crippen LogP contribution in [0.15, 0.2) is 53.4 Å². The fraction of sp³-hybridized carbons (Fsp3) is 0.286. The zero-order chi connectivity index (χ0) is 20.8. The van der Waals surface area contributed by atoms with E-state index >= 15 is 0 Å². The minimum atomic E-state index is -3.76. The zero-order valence-corrected chi connectivity index (χ0v) is 17.8. The third kappa shape index (κ3) is 3.43. The van der Waals surface area contributed by atoms with Gasteiger partial charge in [0.1, 0.15) is 4.90 Å². The molecule has 3 aromatic rings. The number of aromatic nitrogens is 2. The number of aliphatic hydroxyl groups is 1. The standard InChI is InChI=1S/C21H22ClN3O3S/c1-14-21(29(27,28)25-12-11-16-7-3-6-10-19(16)25)15(2)24(23-14)13-20(26)17-8-4-5-9-18(17)22/h3-10,20,26H,11-13H2,1-2H3/t20-/m0/s1. The summed E-state index contributed by atoms with van der Waals surface area (Å²) in [6.45, 7) is 3.92. The molecule has 0 spiro atoms. The molecule has 1 N–H and O–H groups in total. The van der Waals surface area contributed by atoms with E-state index in [4.69, 9.17) is 11.6 Å². The second-order valence-electron chi connectivity index (χ2n) is 7.18. The average Bonchev–Trinajstić information content (AvgIpc) is 3.23. The summed E-state index contributed by atoms with van der Waals surface area (Å²) in [7, 11) is -3.76. The molecule has 2 heterocycles.